The number of hydrogen-bond acceptors (Lipinski definition) is 3. The molecule has 4 nitrogen and oxygen atoms in total. The highest BCUT2D eigenvalue weighted by Gasteiger charge is 2.03. The van der Waals surface area contributed by atoms with Gasteiger partial charge in [-0.3, -0.25) is 9.98 Å². The lowest BCUT2D eigenvalue weighted by Gasteiger charge is -2.05. The van der Waals surface area contributed by atoms with Crippen molar-refractivity contribution < 1.29 is 0 Å². The summed E-state index contributed by atoms with van der Waals surface area (Å²) in [7, 11) is 1.89. The summed E-state index contributed by atoms with van der Waals surface area (Å²) < 4.78 is 0. The number of pyridine rings is 1. The minimum atomic E-state index is 0.565. The molecule has 1 heterocycles. The molecule has 82 valence electrons. The van der Waals surface area contributed by atoms with Crippen molar-refractivity contribution in [3.05, 3.63) is 29.1 Å². The summed E-state index contributed by atoms with van der Waals surface area (Å²) in [6.07, 6.45) is 1.78. The normalized spacial score (nSPS) is 11.8. The number of nitrogens with one attached hydrogen (secondary N) is 1. The Morgan fingerprint density at radius 3 is 2.87 bits per heavy atom. The lowest BCUT2D eigenvalue weighted by Crippen LogP contribution is -2.19. The van der Waals surface area contributed by atoms with Gasteiger partial charge in [-0.15, -0.1) is 0 Å². The molecule has 0 bridgehead atoms. The Balaban J connectivity index is 2.81. The molecule has 0 spiro atoms. The monoisotopic (exact) mass is 206 g/mol. The van der Waals surface area contributed by atoms with Gasteiger partial charge in [0.25, 0.3) is 0 Å². The summed E-state index contributed by atoms with van der Waals surface area (Å²) in [5, 5.41) is 3.02. The molecule has 4 heteroatoms. The number of hydrogen-bond donors (Lipinski definition) is 2. The Kier molecular flexibility index (Phi) is 4.24. The maximum atomic E-state index is 5.87. The minimum absolute atomic E-state index is 0.565. The molecule has 0 aliphatic heterocycles. The number of rotatable bonds is 4. The van der Waals surface area contributed by atoms with Crippen LogP contribution >= 0.6 is 0 Å². The summed E-state index contributed by atoms with van der Waals surface area (Å²) in [5.74, 6) is 0.565. The second-order valence-corrected chi connectivity index (χ2v) is 3.51. The van der Waals surface area contributed by atoms with E-state index in [4.69, 9.17) is 5.73 Å². The van der Waals surface area contributed by atoms with Crippen molar-refractivity contribution in [1.29, 1.82) is 0 Å². The van der Waals surface area contributed by atoms with Gasteiger partial charge in [-0.1, -0.05) is 0 Å². The highest BCUT2D eigenvalue weighted by molar-refractivity contribution is 5.98. The summed E-state index contributed by atoms with van der Waals surface area (Å²) in [5.41, 5.74) is 8.91. The topological polar surface area (TPSA) is 63.3 Å². The third-order valence-electron chi connectivity index (χ3n) is 2.17. The largest absolute Gasteiger partial charge is 0.383 e. The zero-order chi connectivity index (χ0) is 11.3. The average molecular weight is 206 g/mol. The van der Waals surface area contributed by atoms with E-state index in [1.165, 1.54) is 0 Å². The number of nitrogens with zero attached hydrogens (tertiary/aromatic N) is 2. The summed E-state index contributed by atoms with van der Waals surface area (Å²) in [6.45, 7) is 5.50. The molecule has 0 saturated carbocycles. The summed E-state index contributed by atoms with van der Waals surface area (Å²) in [4.78, 5) is 8.48. The second kappa shape index (κ2) is 5.46. The minimum Gasteiger partial charge on any atom is -0.383 e. The van der Waals surface area contributed by atoms with Crippen molar-refractivity contribution in [3.63, 3.8) is 0 Å². The molecule has 0 aromatic carbocycles. The van der Waals surface area contributed by atoms with Crippen LogP contribution < -0.4 is 11.1 Å². The van der Waals surface area contributed by atoms with Crippen molar-refractivity contribution in [1.82, 2.24) is 10.3 Å². The van der Waals surface area contributed by atoms with Crippen LogP contribution in [0.1, 0.15) is 16.8 Å². The Morgan fingerprint density at radius 2 is 2.27 bits per heavy atom. The smallest absolute Gasteiger partial charge is 0.127 e. The van der Waals surface area contributed by atoms with E-state index in [2.05, 4.69) is 15.3 Å². The fourth-order valence-corrected chi connectivity index (χ4v) is 1.34. The van der Waals surface area contributed by atoms with Crippen molar-refractivity contribution in [2.24, 2.45) is 10.7 Å². The van der Waals surface area contributed by atoms with Gasteiger partial charge in [0, 0.05) is 24.0 Å². The van der Waals surface area contributed by atoms with Gasteiger partial charge in [-0.05, 0) is 32.5 Å². The first-order chi connectivity index (χ1) is 7.15. The van der Waals surface area contributed by atoms with Crippen molar-refractivity contribution in [2.45, 2.75) is 13.8 Å². The zero-order valence-electron chi connectivity index (χ0n) is 9.54. The van der Waals surface area contributed by atoms with E-state index in [9.17, 15) is 0 Å². The van der Waals surface area contributed by atoms with E-state index in [0.717, 1.165) is 23.4 Å². The average Bonchev–Trinajstić information content (AvgIpc) is 2.17. The third kappa shape index (κ3) is 3.32. The molecular weight excluding hydrogens is 188 g/mol. The Hall–Kier alpha value is -1.42. The molecule has 3 N–H and O–H groups in total. The number of nitrogens with two attached hydrogens (primary N) is 1. The predicted molar refractivity (Wildman–Crippen MR) is 63.2 cm³/mol. The standard InChI is InChI=1S/C11H18N4/c1-8-6-9(2)15-7-10(8)11(12)14-5-4-13-3/h6-7,13H,4-5H2,1-3H3,(H2,12,14). The van der Waals surface area contributed by atoms with E-state index < -0.39 is 0 Å². The first kappa shape index (κ1) is 11.7. The Labute approximate surface area is 90.6 Å². The highest BCUT2D eigenvalue weighted by Crippen LogP contribution is 2.07. The van der Waals surface area contributed by atoms with Gasteiger partial charge in [-0.25, -0.2) is 0 Å². The lowest BCUT2D eigenvalue weighted by molar-refractivity contribution is 0.802. The molecule has 0 fully saturated rings. The van der Waals surface area contributed by atoms with Crippen molar-refractivity contribution >= 4 is 5.84 Å². The molecule has 0 aliphatic carbocycles. The van der Waals surface area contributed by atoms with Crippen LogP contribution in [0.4, 0.5) is 0 Å². The molecular formula is C11H18N4. The molecule has 0 unspecified atom stereocenters. The van der Waals surface area contributed by atoms with Gasteiger partial charge < -0.3 is 11.1 Å². The van der Waals surface area contributed by atoms with Crippen LogP contribution in [0.5, 0.6) is 0 Å². The molecule has 15 heavy (non-hydrogen) atoms. The number of aliphatic imine (C=N–C) groups is 1. The van der Waals surface area contributed by atoms with Gasteiger partial charge >= 0.3 is 0 Å². The van der Waals surface area contributed by atoms with Crippen LogP contribution in [-0.4, -0.2) is 31.0 Å². The lowest BCUT2D eigenvalue weighted by atomic mass is 10.1. The van der Waals surface area contributed by atoms with Crippen molar-refractivity contribution in [2.75, 3.05) is 20.1 Å². The first-order valence-corrected chi connectivity index (χ1v) is 5.03. The van der Waals surface area contributed by atoms with E-state index in [-0.39, 0.29) is 0 Å². The van der Waals surface area contributed by atoms with Crippen LogP contribution in [0, 0.1) is 13.8 Å². The third-order valence-corrected chi connectivity index (χ3v) is 2.17. The summed E-state index contributed by atoms with van der Waals surface area (Å²) in [6, 6.07) is 2.01. The van der Waals surface area contributed by atoms with Crippen LogP contribution in [0.3, 0.4) is 0 Å². The molecule has 0 radical (unpaired) electrons. The van der Waals surface area contributed by atoms with Gasteiger partial charge in [0.05, 0.1) is 6.54 Å². The van der Waals surface area contributed by atoms with Crippen LogP contribution in [0.2, 0.25) is 0 Å². The van der Waals surface area contributed by atoms with Gasteiger partial charge in [0.2, 0.25) is 0 Å². The first-order valence-electron chi connectivity index (χ1n) is 5.03. The van der Waals surface area contributed by atoms with E-state index >= 15 is 0 Å². The molecule has 1 aromatic heterocycles. The van der Waals surface area contributed by atoms with Gasteiger partial charge in [-0.2, -0.15) is 0 Å². The number of amidine groups is 1. The maximum absolute atomic E-state index is 5.87. The predicted octanol–water partition coefficient (Wildman–Crippen LogP) is 0.623. The number of aryl methyl sites for hydroxylation is 2. The molecule has 0 aliphatic rings. The molecule has 0 saturated heterocycles. The zero-order valence-corrected chi connectivity index (χ0v) is 9.54. The molecule has 0 atom stereocenters. The fraction of sp³-hybridized carbons (Fsp3) is 0.455. The van der Waals surface area contributed by atoms with E-state index in [1.807, 2.05) is 27.0 Å². The maximum Gasteiger partial charge on any atom is 0.127 e. The van der Waals surface area contributed by atoms with Gasteiger partial charge in [0.15, 0.2) is 0 Å². The van der Waals surface area contributed by atoms with Crippen LogP contribution in [-0.2, 0) is 0 Å². The van der Waals surface area contributed by atoms with Crippen molar-refractivity contribution in [3.8, 4) is 0 Å². The van der Waals surface area contributed by atoms with Gasteiger partial charge in [0.1, 0.15) is 5.84 Å². The van der Waals surface area contributed by atoms with E-state index in [1.54, 1.807) is 6.20 Å². The fourth-order valence-electron chi connectivity index (χ4n) is 1.34. The SMILES string of the molecule is CNCCN=C(N)c1cnc(C)cc1C. The Morgan fingerprint density at radius 1 is 1.53 bits per heavy atom. The van der Waals surface area contributed by atoms with Crippen LogP contribution in [0.25, 0.3) is 0 Å². The van der Waals surface area contributed by atoms with Crippen LogP contribution in [0.15, 0.2) is 17.3 Å². The number of aromatic nitrogens is 1. The molecule has 1 aromatic rings. The molecule has 0 amide bonds. The molecule has 1 rings (SSSR count). The van der Waals surface area contributed by atoms with E-state index in [0.29, 0.717) is 12.4 Å². The Bertz CT molecular complexity index is 358. The highest BCUT2D eigenvalue weighted by atomic mass is 14.9. The quantitative estimate of drug-likeness (QED) is 0.431. The second-order valence-electron chi connectivity index (χ2n) is 3.51. The summed E-state index contributed by atoms with van der Waals surface area (Å²) >= 11 is 0. The number of likely N-dealkylation sites (N-methyl/N-ethyl adjacent to an activating group) is 1.